The molecule has 118 valence electrons. The van der Waals surface area contributed by atoms with Crippen molar-refractivity contribution in [1.29, 1.82) is 0 Å². The van der Waals surface area contributed by atoms with Gasteiger partial charge in [-0.05, 0) is 54.7 Å². The van der Waals surface area contributed by atoms with E-state index in [0.29, 0.717) is 19.2 Å². The molecule has 2 amide bonds. The first-order valence-electron chi connectivity index (χ1n) is 8.37. The number of amides is 2. The second-order valence-electron chi connectivity index (χ2n) is 6.79. The molecule has 0 aromatic carbocycles. The van der Waals surface area contributed by atoms with Gasteiger partial charge in [-0.15, -0.1) is 0 Å². The van der Waals surface area contributed by atoms with Gasteiger partial charge in [-0.1, -0.05) is 0 Å². The molecule has 1 aromatic heterocycles. The zero-order chi connectivity index (χ0) is 14.9. The summed E-state index contributed by atoms with van der Waals surface area (Å²) in [6, 6.07) is 0.484. The van der Waals surface area contributed by atoms with E-state index in [-0.39, 0.29) is 6.03 Å². The first kappa shape index (κ1) is 14.0. The maximum atomic E-state index is 12.2. The Morgan fingerprint density at radius 1 is 1.32 bits per heavy atom. The number of nitrogens with zero attached hydrogens (tertiary/aromatic N) is 2. The van der Waals surface area contributed by atoms with Crippen LogP contribution in [0.1, 0.15) is 42.4 Å². The van der Waals surface area contributed by atoms with Gasteiger partial charge in [-0.2, -0.15) is 0 Å². The number of rotatable bonds is 5. The molecular weight excluding hydrogens is 278 g/mol. The Balaban J connectivity index is 1.39. The number of carbonyl (C=O) groups is 1. The smallest absolute Gasteiger partial charge is 0.317 e. The van der Waals surface area contributed by atoms with E-state index < -0.39 is 0 Å². The van der Waals surface area contributed by atoms with Crippen LogP contribution in [0, 0.1) is 5.92 Å². The van der Waals surface area contributed by atoms with Gasteiger partial charge in [0.2, 0.25) is 0 Å². The molecule has 2 fully saturated rings. The second kappa shape index (κ2) is 5.88. The monoisotopic (exact) mass is 301 g/mol. The SMILES string of the molecule is O=C(NC1CC1)N1CCc2c(COCC3CC3)cncc2C1. The number of fused-ring (bicyclic) bond motifs is 1. The highest BCUT2D eigenvalue weighted by Gasteiger charge is 2.28. The molecule has 0 saturated heterocycles. The fraction of sp³-hybridized carbons (Fsp3) is 0.647. The lowest BCUT2D eigenvalue weighted by molar-refractivity contribution is 0.110. The molecule has 3 aliphatic rings. The summed E-state index contributed by atoms with van der Waals surface area (Å²) in [6.07, 6.45) is 9.60. The molecule has 1 N–H and O–H groups in total. The van der Waals surface area contributed by atoms with Crippen LogP contribution < -0.4 is 5.32 Å². The van der Waals surface area contributed by atoms with Gasteiger partial charge < -0.3 is 15.0 Å². The fourth-order valence-corrected chi connectivity index (χ4v) is 2.98. The summed E-state index contributed by atoms with van der Waals surface area (Å²) in [5.74, 6) is 0.786. The Kier molecular flexibility index (Phi) is 3.74. The van der Waals surface area contributed by atoms with E-state index in [0.717, 1.165) is 38.3 Å². The highest BCUT2D eigenvalue weighted by atomic mass is 16.5. The highest BCUT2D eigenvalue weighted by molar-refractivity contribution is 5.75. The van der Waals surface area contributed by atoms with Crippen molar-refractivity contribution in [2.75, 3.05) is 13.2 Å². The lowest BCUT2D eigenvalue weighted by Crippen LogP contribution is -2.43. The van der Waals surface area contributed by atoms with Crippen molar-refractivity contribution in [3.63, 3.8) is 0 Å². The van der Waals surface area contributed by atoms with Gasteiger partial charge in [0.05, 0.1) is 6.61 Å². The minimum Gasteiger partial charge on any atom is -0.376 e. The van der Waals surface area contributed by atoms with Crippen molar-refractivity contribution in [3.8, 4) is 0 Å². The Morgan fingerprint density at radius 2 is 2.18 bits per heavy atom. The van der Waals surface area contributed by atoms with E-state index in [1.807, 2.05) is 17.3 Å². The molecule has 2 saturated carbocycles. The summed E-state index contributed by atoms with van der Waals surface area (Å²) in [5.41, 5.74) is 3.70. The van der Waals surface area contributed by atoms with Gasteiger partial charge in [0.1, 0.15) is 0 Å². The zero-order valence-electron chi connectivity index (χ0n) is 12.9. The summed E-state index contributed by atoms with van der Waals surface area (Å²) in [4.78, 5) is 18.4. The van der Waals surface area contributed by atoms with E-state index >= 15 is 0 Å². The third kappa shape index (κ3) is 3.24. The number of hydrogen-bond acceptors (Lipinski definition) is 3. The van der Waals surface area contributed by atoms with Crippen molar-refractivity contribution in [1.82, 2.24) is 15.2 Å². The Labute approximate surface area is 131 Å². The molecule has 5 nitrogen and oxygen atoms in total. The van der Waals surface area contributed by atoms with Crippen LogP contribution in [-0.4, -0.2) is 35.1 Å². The van der Waals surface area contributed by atoms with E-state index in [2.05, 4.69) is 10.3 Å². The van der Waals surface area contributed by atoms with Crippen LogP contribution in [0.2, 0.25) is 0 Å². The number of urea groups is 1. The van der Waals surface area contributed by atoms with Crippen molar-refractivity contribution < 1.29 is 9.53 Å². The number of aromatic nitrogens is 1. The Bertz CT molecular complexity index is 567. The van der Waals surface area contributed by atoms with Gasteiger partial charge in [-0.3, -0.25) is 4.98 Å². The van der Waals surface area contributed by atoms with E-state index in [9.17, 15) is 4.79 Å². The standard InChI is InChI=1S/C17H23N3O2/c21-17(19-15-3-4-15)20-6-5-16-13(9-20)7-18-8-14(16)11-22-10-12-1-2-12/h7-8,12,15H,1-6,9-11H2,(H,19,21). The molecule has 5 heteroatoms. The van der Waals surface area contributed by atoms with Gasteiger partial charge in [-0.25, -0.2) is 4.79 Å². The predicted octanol–water partition coefficient (Wildman–Crippen LogP) is 2.24. The molecule has 1 aromatic rings. The average molecular weight is 301 g/mol. The molecule has 0 unspecified atom stereocenters. The average Bonchev–Trinajstić information content (AvgIpc) is 3.42. The summed E-state index contributed by atoms with van der Waals surface area (Å²) in [6.45, 7) is 2.98. The lowest BCUT2D eigenvalue weighted by Gasteiger charge is -2.30. The van der Waals surface area contributed by atoms with E-state index in [1.165, 1.54) is 29.5 Å². The molecule has 0 atom stereocenters. The predicted molar refractivity (Wildman–Crippen MR) is 82.3 cm³/mol. The van der Waals surface area contributed by atoms with Crippen molar-refractivity contribution in [3.05, 3.63) is 29.1 Å². The number of ether oxygens (including phenoxy) is 1. The minimum absolute atomic E-state index is 0.0727. The zero-order valence-corrected chi connectivity index (χ0v) is 12.9. The maximum Gasteiger partial charge on any atom is 0.317 e. The lowest BCUT2D eigenvalue weighted by atomic mass is 9.97. The van der Waals surface area contributed by atoms with Crippen LogP contribution in [0.15, 0.2) is 12.4 Å². The normalized spacial score (nSPS) is 20.6. The van der Waals surface area contributed by atoms with Crippen molar-refractivity contribution in [2.24, 2.45) is 5.92 Å². The Hall–Kier alpha value is -1.62. The first-order valence-corrected chi connectivity index (χ1v) is 8.37. The molecular formula is C17H23N3O2. The van der Waals surface area contributed by atoms with Crippen LogP contribution in [0.3, 0.4) is 0 Å². The summed E-state index contributed by atoms with van der Waals surface area (Å²) in [7, 11) is 0. The highest BCUT2D eigenvalue weighted by Crippen LogP contribution is 2.29. The van der Waals surface area contributed by atoms with Crippen LogP contribution in [0.5, 0.6) is 0 Å². The van der Waals surface area contributed by atoms with E-state index in [4.69, 9.17) is 4.74 Å². The maximum absolute atomic E-state index is 12.2. The molecule has 22 heavy (non-hydrogen) atoms. The Morgan fingerprint density at radius 3 is 2.95 bits per heavy atom. The molecule has 0 radical (unpaired) electrons. The third-order valence-electron chi connectivity index (χ3n) is 4.73. The third-order valence-corrected chi connectivity index (χ3v) is 4.73. The van der Waals surface area contributed by atoms with Gasteiger partial charge in [0.15, 0.2) is 0 Å². The van der Waals surface area contributed by atoms with E-state index in [1.54, 1.807) is 0 Å². The van der Waals surface area contributed by atoms with Crippen molar-refractivity contribution in [2.45, 2.75) is 51.3 Å². The number of carbonyl (C=O) groups excluding carboxylic acids is 1. The van der Waals surface area contributed by atoms with Gasteiger partial charge in [0, 0.05) is 38.1 Å². The first-order chi connectivity index (χ1) is 10.8. The number of hydrogen-bond donors (Lipinski definition) is 1. The number of nitrogens with one attached hydrogen (secondary N) is 1. The summed E-state index contributed by atoms with van der Waals surface area (Å²) >= 11 is 0. The quantitative estimate of drug-likeness (QED) is 0.907. The van der Waals surface area contributed by atoms with Crippen LogP contribution in [0.25, 0.3) is 0 Å². The van der Waals surface area contributed by atoms with Crippen LogP contribution in [0.4, 0.5) is 4.79 Å². The van der Waals surface area contributed by atoms with Gasteiger partial charge in [0.25, 0.3) is 0 Å². The number of pyridine rings is 1. The fourth-order valence-electron chi connectivity index (χ4n) is 2.98. The molecule has 1 aliphatic heterocycles. The van der Waals surface area contributed by atoms with Crippen LogP contribution >= 0.6 is 0 Å². The topological polar surface area (TPSA) is 54.5 Å². The molecule has 2 heterocycles. The molecule has 0 bridgehead atoms. The molecule has 0 spiro atoms. The van der Waals surface area contributed by atoms with Crippen LogP contribution in [-0.2, 0) is 24.3 Å². The largest absolute Gasteiger partial charge is 0.376 e. The minimum atomic E-state index is 0.0727. The molecule has 4 rings (SSSR count). The summed E-state index contributed by atoms with van der Waals surface area (Å²) in [5, 5.41) is 3.06. The molecule has 2 aliphatic carbocycles. The second-order valence-corrected chi connectivity index (χ2v) is 6.79. The van der Waals surface area contributed by atoms with Crippen molar-refractivity contribution >= 4 is 6.03 Å². The summed E-state index contributed by atoms with van der Waals surface area (Å²) < 4.78 is 5.81. The van der Waals surface area contributed by atoms with Gasteiger partial charge >= 0.3 is 6.03 Å².